The summed E-state index contributed by atoms with van der Waals surface area (Å²) in [6.45, 7) is 3.49. The molecule has 7 nitrogen and oxygen atoms in total. The Hall–Kier alpha value is -2.75. The van der Waals surface area contributed by atoms with Gasteiger partial charge in [-0.1, -0.05) is 19.9 Å². The predicted molar refractivity (Wildman–Crippen MR) is 116 cm³/mol. The van der Waals surface area contributed by atoms with Crippen LogP contribution in [0.15, 0.2) is 57.4 Å². The van der Waals surface area contributed by atoms with Crippen molar-refractivity contribution in [2.45, 2.75) is 24.8 Å². The minimum Gasteiger partial charge on any atom is -0.468 e. The normalized spacial score (nSPS) is 13.2. The number of ether oxygens (including phenoxy) is 1. The van der Waals surface area contributed by atoms with Crippen LogP contribution in [-0.4, -0.2) is 32.5 Å². The molecule has 156 valence electrons. The number of aromatic nitrogens is 1. The minimum atomic E-state index is -3.95. The highest BCUT2D eigenvalue weighted by molar-refractivity contribution is 7.89. The number of nitrogens with one attached hydrogen (secondary N) is 1. The maximum absolute atomic E-state index is 12.9. The fraction of sp³-hybridized carbons (Fsp3) is 0.238. The van der Waals surface area contributed by atoms with Crippen LogP contribution in [0.1, 0.15) is 13.8 Å². The Morgan fingerprint density at radius 2 is 1.83 bits per heavy atom. The summed E-state index contributed by atoms with van der Waals surface area (Å²) in [6.07, 6.45) is 1.79. The molecular formula is C21H20N2O5S2. The number of thiazole rings is 1. The molecule has 2 aromatic carbocycles. The van der Waals surface area contributed by atoms with Crippen molar-refractivity contribution in [3.8, 4) is 10.4 Å². The van der Waals surface area contributed by atoms with E-state index in [2.05, 4.69) is 9.71 Å². The van der Waals surface area contributed by atoms with E-state index >= 15 is 0 Å². The Morgan fingerprint density at radius 1 is 1.13 bits per heavy atom. The molecule has 2 aromatic heterocycles. The van der Waals surface area contributed by atoms with Crippen LogP contribution in [-0.2, 0) is 19.6 Å². The van der Waals surface area contributed by atoms with Crippen molar-refractivity contribution in [2.75, 3.05) is 7.11 Å². The van der Waals surface area contributed by atoms with Crippen molar-refractivity contribution in [3.05, 3.63) is 48.1 Å². The van der Waals surface area contributed by atoms with Gasteiger partial charge in [-0.25, -0.2) is 8.42 Å². The van der Waals surface area contributed by atoms with E-state index in [0.717, 1.165) is 21.2 Å². The third kappa shape index (κ3) is 3.71. The molecular weight excluding hydrogens is 424 g/mol. The van der Waals surface area contributed by atoms with Gasteiger partial charge in [-0.05, 0) is 35.7 Å². The maximum Gasteiger partial charge on any atom is 0.324 e. The highest BCUT2D eigenvalue weighted by atomic mass is 32.2. The average Bonchev–Trinajstić information content (AvgIpc) is 3.38. The zero-order valence-electron chi connectivity index (χ0n) is 16.6. The van der Waals surface area contributed by atoms with Crippen LogP contribution < -0.4 is 4.72 Å². The van der Waals surface area contributed by atoms with Gasteiger partial charge in [0, 0.05) is 23.0 Å². The van der Waals surface area contributed by atoms with E-state index in [1.807, 2.05) is 18.2 Å². The lowest BCUT2D eigenvalue weighted by Gasteiger charge is -2.19. The van der Waals surface area contributed by atoms with Crippen LogP contribution >= 0.6 is 11.3 Å². The first kappa shape index (κ1) is 20.5. The van der Waals surface area contributed by atoms with Gasteiger partial charge in [-0.3, -0.25) is 9.78 Å². The van der Waals surface area contributed by atoms with Crippen LogP contribution in [0.2, 0.25) is 0 Å². The summed E-state index contributed by atoms with van der Waals surface area (Å²) in [5, 5.41) is 1.71. The lowest BCUT2D eigenvalue weighted by molar-refractivity contribution is -0.143. The van der Waals surface area contributed by atoms with Crippen molar-refractivity contribution in [1.29, 1.82) is 0 Å². The Kier molecular flexibility index (Phi) is 5.35. The van der Waals surface area contributed by atoms with Crippen LogP contribution in [0, 0.1) is 5.92 Å². The Balaban J connectivity index is 1.73. The number of furan rings is 1. The minimum absolute atomic E-state index is 0.0197. The highest BCUT2D eigenvalue weighted by Gasteiger charge is 2.29. The van der Waals surface area contributed by atoms with Crippen LogP contribution in [0.4, 0.5) is 0 Å². The molecule has 0 aliphatic heterocycles. The molecule has 2 heterocycles. The number of benzene rings is 2. The molecule has 4 rings (SSSR count). The Morgan fingerprint density at radius 3 is 2.47 bits per heavy atom. The lowest BCUT2D eigenvalue weighted by atomic mass is 10.1. The van der Waals surface area contributed by atoms with Crippen LogP contribution in [0.5, 0.6) is 0 Å². The van der Waals surface area contributed by atoms with Gasteiger partial charge in [0.1, 0.15) is 17.2 Å². The Bertz CT molecular complexity index is 1320. The molecule has 0 fully saturated rings. The Labute approximate surface area is 177 Å². The van der Waals surface area contributed by atoms with E-state index in [1.165, 1.54) is 30.6 Å². The van der Waals surface area contributed by atoms with Crippen molar-refractivity contribution in [3.63, 3.8) is 0 Å². The first-order valence-electron chi connectivity index (χ1n) is 9.25. The van der Waals surface area contributed by atoms with Gasteiger partial charge in [0.25, 0.3) is 0 Å². The summed E-state index contributed by atoms with van der Waals surface area (Å²) in [7, 11) is -2.72. The number of nitrogens with zero attached hydrogens (tertiary/aromatic N) is 1. The van der Waals surface area contributed by atoms with E-state index < -0.39 is 22.0 Å². The van der Waals surface area contributed by atoms with Crippen LogP contribution in [0.25, 0.3) is 32.4 Å². The zero-order valence-corrected chi connectivity index (χ0v) is 18.2. The van der Waals surface area contributed by atoms with E-state index in [1.54, 1.807) is 31.6 Å². The first-order valence-corrected chi connectivity index (χ1v) is 11.6. The van der Waals surface area contributed by atoms with Gasteiger partial charge in [0.05, 0.1) is 22.4 Å². The number of carbonyl (C=O) groups excluding carboxylic acids is 1. The second kappa shape index (κ2) is 7.82. The third-order valence-corrected chi connectivity index (χ3v) is 7.14. The summed E-state index contributed by atoms with van der Waals surface area (Å²) < 4.78 is 38.8. The molecule has 0 aliphatic carbocycles. The molecule has 1 N–H and O–H groups in total. The largest absolute Gasteiger partial charge is 0.468 e. The summed E-state index contributed by atoms with van der Waals surface area (Å²) in [4.78, 5) is 17.1. The fourth-order valence-corrected chi connectivity index (χ4v) is 5.22. The molecule has 0 amide bonds. The zero-order chi connectivity index (χ0) is 21.5. The van der Waals surface area contributed by atoms with Crippen molar-refractivity contribution in [2.24, 2.45) is 5.92 Å². The number of sulfonamides is 1. The first-order chi connectivity index (χ1) is 14.3. The molecule has 0 radical (unpaired) electrons. The summed E-state index contributed by atoms with van der Waals surface area (Å²) in [5.41, 5.74) is 3.86. The average molecular weight is 445 g/mol. The molecule has 0 bridgehead atoms. The molecule has 0 aliphatic rings. The van der Waals surface area contributed by atoms with Gasteiger partial charge >= 0.3 is 5.97 Å². The standard InChI is InChI=1S/C21H20N2O5S2/c1-12(2)20(21(24)27-3)23-30(25,26)14-5-7-16-15-6-4-13(19-10-22-11-29-19)8-17(15)28-18(16)9-14/h4-12,20,23H,1-3H3. The topological polar surface area (TPSA) is 98.5 Å². The molecule has 0 saturated carbocycles. The quantitative estimate of drug-likeness (QED) is 0.448. The summed E-state index contributed by atoms with van der Waals surface area (Å²) >= 11 is 1.53. The number of carbonyl (C=O) groups is 1. The number of esters is 1. The van der Waals surface area contributed by atoms with Crippen molar-refractivity contribution >= 4 is 49.3 Å². The molecule has 0 saturated heterocycles. The van der Waals surface area contributed by atoms with E-state index in [4.69, 9.17) is 9.15 Å². The molecule has 30 heavy (non-hydrogen) atoms. The fourth-order valence-electron chi connectivity index (χ4n) is 3.25. The van der Waals surface area contributed by atoms with E-state index in [0.29, 0.717) is 11.2 Å². The highest BCUT2D eigenvalue weighted by Crippen LogP contribution is 2.34. The van der Waals surface area contributed by atoms with Gasteiger partial charge in [0.15, 0.2) is 0 Å². The number of fused-ring (bicyclic) bond motifs is 3. The number of hydrogen-bond acceptors (Lipinski definition) is 7. The summed E-state index contributed by atoms with van der Waals surface area (Å²) in [5.74, 6) is -0.902. The number of rotatable bonds is 6. The van der Waals surface area contributed by atoms with Crippen molar-refractivity contribution < 1.29 is 22.4 Å². The van der Waals surface area contributed by atoms with Gasteiger partial charge in [-0.15, -0.1) is 11.3 Å². The van der Waals surface area contributed by atoms with E-state index in [9.17, 15) is 13.2 Å². The number of methoxy groups -OCH3 is 1. The predicted octanol–water partition coefficient (Wildman–Crippen LogP) is 4.19. The molecule has 4 aromatic rings. The summed E-state index contributed by atoms with van der Waals surface area (Å²) in [6, 6.07) is 9.57. The van der Waals surface area contributed by atoms with Crippen LogP contribution in [0.3, 0.4) is 0 Å². The second-order valence-corrected chi connectivity index (χ2v) is 9.80. The molecule has 1 atom stereocenters. The van der Waals surface area contributed by atoms with Crippen molar-refractivity contribution in [1.82, 2.24) is 9.71 Å². The van der Waals surface area contributed by atoms with Gasteiger partial charge in [0.2, 0.25) is 10.0 Å². The number of hydrogen-bond donors (Lipinski definition) is 1. The molecule has 1 unspecified atom stereocenters. The van der Waals surface area contributed by atoms with Gasteiger partial charge < -0.3 is 9.15 Å². The SMILES string of the molecule is COC(=O)C(NS(=O)(=O)c1ccc2c(c1)oc1cc(-c3cncs3)ccc12)C(C)C. The third-order valence-electron chi connectivity index (χ3n) is 4.88. The molecule has 9 heteroatoms. The van der Waals surface area contributed by atoms with E-state index in [-0.39, 0.29) is 10.8 Å². The lowest BCUT2D eigenvalue weighted by Crippen LogP contribution is -2.44. The maximum atomic E-state index is 12.9. The smallest absolute Gasteiger partial charge is 0.324 e. The molecule has 0 spiro atoms. The second-order valence-electron chi connectivity index (χ2n) is 7.20. The van der Waals surface area contributed by atoms with Gasteiger partial charge in [-0.2, -0.15) is 4.72 Å². The monoisotopic (exact) mass is 444 g/mol.